The van der Waals surface area contributed by atoms with Crippen LogP contribution in [0.5, 0.6) is 0 Å². The fourth-order valence-electron chi connectivity index (χ4n) is 2.25. The number of carbonyl (C=O) groups is 3. The number of barbiturate groups is 1. The largest absolute Gasteiger partial charge is 0.335 e. The molecule has 2 aromatic carbocycles. The van der Waals surface area contributed by atoms with E-state index in [-0.39, 0.29) is 5.57 Å². The number of benzene rings is 2. The second-order valence-corrected chi connectivity index (χ2v) is 6.34. The average molecular weight is 406 g/mol. The van der Waals surface area contributed by atoms with Gasteiger partial charge in [-0.1, -0.05) is 39.7 Å². The van der Waals surface area contributed by atoms with Crippen LogP contribution < -0.4 is 10.2 Å². The molecule has 1 saturated heterocycles. The smallest absolute Gasteiger partial charge is 0.273 e. The van der Waals surface area contributed by atoms with Crippen molar-refractivity contribution in [1.82, 2.24) is 5.32 Å². The third-order valence-electron chi connectivity index (χ3n) is 3.35. The summed E-state index contributed by atoms with van der Waals surface area (Å²) in [6, 6.07) is 12.6. The van der Waals surface area contributed by atoms with E-state index in [1.165, 1.54) is 6.08 Å². The van der Waals surface area contributed by atoms with E-state index in [9.17, 15) is 14.4 Å². The molecular formula is C17H10BrClN2O3. The number of urea groups is 1. The number of carbonyl (C=O) groups excluding carboxylic acids is 3. The highest BCUT2D eigenvalue weighted by molar-refractivity contribution is 9.10. The fourth-order valence-corrected chi connectivity index (χ4v) is 2.71. The summed E-state index contributed by atoms with van der Waals surface area (Å²) in [6.45, 7) is 0. The molecule has 120 valence electrons. The number of nitrogens with one attached hydrogen (secondary N) is 1. The molecule has 1 aliphatic rings. The normalized spacial score (nSPS) is 16.5. The first-order chi connectivity index (χ1) is 11.5. The van der Waals surface area contributed by atoms with E-state index < -0.39 is 17.8 Å². The second-order valence-electron chi connectivity index (χ2n) is 4.99. The molecule has 0 saturated carbocycles. The van der Waals surface area contributed by atoms with Crippen molar-refractivity contribution in [2.24, 2.45) is 0 Å². The highest BCUT2D eigenvalue weighted by atomic mass is 79.9. The van der Waals surface area contributed by atoms with Crippen molar-refractivity contribution in [2.45, 2.75) is 0 Å². The van der Waals surface area contributed by atoms with Gasteiger partial charge in [0.15, 0.2) is 0 Å². The van der Waals surface area contributed by atoms with Crippen molar-refractivity contribution in [3.63, 3.8) is 0 Å². The number of imide groups is 2. The molecule has 2 aromatic rings. The van der Waals surface area contributed by atoms with Gasteiger partial charge in [0.1, 0.15) is 5.57 Å². The zero-order chi connectivity index (χ0) is 17.3. The number of anilines is 1. The first kappa shape index (κ1) is 16.4. The Morgan fingerprint density at radius 1 is 1.04 bits per heavy atom. The molecule has 1 N–H and O–H groups in total. The molecular weight excluding hydrogens is 396 g/mol. The van der Waals surface area contributed by atoms with Crippen molar-refractivity contribution in [3.8, 4) is 0 Å². The Morgan fingerprint density at radius 2 is 1.75 bits per heavy atom. The third kappa shape index (κ3) is 3.25. The fraction of sp³-hybridized carbons (Fsp3) is 0. The molecule has 5 nitrogen and oxygen atoms in total. The van der Waals surface area contributed by atoms with E-state index in [0.717, 1.165) is 9.37 Å². The van der Waals surface area contributed by atoms with Gasteiger partial charge in [0.2, 0.25) is 0 Å². The zero-order valence-corrected chi connectivity index (χ0v) is 14.5. The van der Waals surface area contributed by atoms with Gasteiger partial charge in [-0.15, -0.1) is 0 Å². The summed E-state index contributed by atoms with van der Waals surface area (Å²) in [4.78, 5) is 37.7. The summed E-state index contributed by atoms with van der Waals surface area (Å²) in [5, 5.41) is 2.65. The van der Waals surface area contributed by atoms with Crippen LogP contribution in [0.1, 0.15) is 5.56 Å². The molecule has 3 rings (SSSR count). The Kier molecular flexibility index (Phi) is 4.51. The van der Waals surface area contributed by atoms with E-state index in [4.69, 9.17) is 11.6 Å². The van der Waals surface area contributed by atoms with Gasteiger partial charge in [0.05, 0.1) is 5.69 Å². The Hall–Kier alpha value is -2.44. The molecule has 1 fully saturated rings. The van der Waals surface area contributed by atoms with Gasteiger partial charge in [0, 0.05) is 9.50 Å². The number of hydrogen-bond acceptors (Lipinski definition) is 3. The lowest BCUT2D eigenvalue weighted by Gasteiger charge is -2.26. The minimum absolute atomic E-state index is 0.139. The Bertz CT molecular complexity index is 878. The number of hydrogen-bond donors (Lipinski definition) is 1. The maximum atomic E-state index is 12.7. The van der Waals surface area contributed by atoms with E-state index >= 15 is 0 Å². The van der Waals surface area contributed by atoms with Gasteiger partial charge < -0.3 is 0 Å². The van der Waals surface area contributed by atoms with Crippen molar-refractivity contribution < 1.29 is 14.4 Å². The molecule has 0 radical (unpaired) electrons. The van der Waals surface area contributed by atoms with Gasteiger partial charge in [-0.3, -0.25) is 14.9 Å². The number of halogens is 2. The zero-order valence-electron chi connectivity index (χ0n) is 12.1. The minimum atomic E-state index is -0.782. The molecule has 7 heteroatoms. The highest BCUT2D eigenvalue weighted by Crippen LogP contribution is 2.24. The second kappa shape index (κ2) is 6.59. The quantitative estimate of drug-likeness (QED) is 0.611. The minimum Gasteiger partial charge on any atom is -0.273 e. The summed E-state index contributed by atoms with van der Waals surface area (Å²) in [6.07, 6.45) is 1.40. The van der Waals surface area contributed by atoms with Gasteiger partial charge in [0.25, 0.3) is 11.8 Å². The highest BCUT2D eigenvalue weighted by Gasteiger charge is 2.36. The summed E-state index contributed by atoms with van der Waals surface area (Å²) in [7, 11) is 0. The third-order valence-corrected chi connectivity index (χ3v) is 4.11. The predicted molar refractivity (Wildman–Crippen MR) is 94.6 cm³/mol. The lowest BCUT2D eigenvalue weighted by Crippen LogP contribution is -2.54. The summed E-state index contributed by atoms with van der Waals surface area (Å²) >= 11 is 9.20. The van der Waals surface area contributed by atoms with Crippen LogP contribution >= 0.6 is 27.5 Å². The Balaban J connectivity index is 2.01. The molecule has 1 aliphatic heterocycles. The van der Waals surface area contributed by atoms with Gasteiger partial charge in [-0.25, -0.2) is 9.69 Å². The molecule has 4 amide bonds. The van der Waals surface area contributed by atoms with E-state index in [1.807, 2.05) is 0 Å². The molecule has 24 heavy (non-hydrogen) atoms. The molecule has 1 heterocycles. The first-order valence-corrected chi connectivity index (χ1v) is 8.05. The number of nitrogens with zero attached hydrogens (tertiary/aromatic N) is 1. The van der Waals surface area contributed by atoms with E-state index in [2.05, 4.69) is 21.2 Å². The average Bonchev–Trinajstić information content (AvgIpc) is 2.53. The molecule has 0 unspecified atom stereocenters. The summed E-state index contributed by atoms with van der Waals surface area (Å²) < 4.78 is 0.807. The molecule has 0 spiro atoms. The van der Waals surface area contributed by atoms with Crippen LogP contribution in [0.3, 0.4) is 0 Å². The van der Waals surface area contributed by atoms with Gasteiger partial charge in [-0.05, 0) is 48.0 Å². The number of amides is 4. The first-order valence-electron chi connectivity index (χ1n) is 6.88. The number of rotatable bonds is 2. The van der Waals surface area contributed by atoms with E-state index in [1.54, 1.807) is 48.5 Å². The van der Waals surface area contributed by atoms with Crippen molar-refractivity contribution >= 4 is 57.1 Å². The Morgan fingerprint density at radius 3 is 2.42 bits per heavy atom. The van der Waals surface area contributed by atoms with Crippen LogP contribution in [0.4, 0.5) is 10.5 Å². The van der Waals surface area contributed by atoms with Crippen molar-refractivity contribution in [1.29, 1.82) is 0 Å². The van der Waals surface area contributed by atoms with Crippen molar-refractivity contribution in [3.05, 3.63) is 69.2 Å². The summed E-state index contributed by atoms with van der Waals surface area (Å²) in [5.41, 5.74) is 0.816. The van der Waals surface area contributed by atoms with Crippen LogP contribution in [0, 0.1) is 0 Å². The summed E-state index contributed by atoms with van der Waals surface area (Å²) in [5.74, 6) is -1.43. The molecule has 0 bridgehead atoms. The van der Waals surface area contributed by atoms with Gasteiger partial charge in [-0.2, -0.15) is 0 Å². The Labute approximate surface area is 151 Å². The maximum absolute atomic E-state index is 12.7. The van der Waals surface area contributed by atoms with Crippen LogP contribution in [0.15, 0.2) is 58.6 Å². The van der Waals surface area contributed by atoms with Crippen LogP contribution in [0.2, 0.25) is 5.02 Å². The van der Waals surface area contributed by atoms with Crippen LogP contribution in [-0.4, -0.2) is 17.8 Å². The van der Waals surface area contributed by atoms with Crippen LogP contribution in [-0.2, 0) is 9.59 Å². The lowest BCUT2D eigenvalue weighted by molar-refractivity contribution is -0.122. The topological polar surface area (TPSA) is 66.5 Å². The molecule has 0 aromatic heterocycles. The monoisotopic (exact) mass is 404 g/mol. The van der Waals surface area contributed by atoms with Gasteiger partial charge >= 0.3 is 6.03 Å². The standard InChI is InChI=1S/C17H10BrClN2O3/c18-11-4-6-13(7-5-11)21-16(23)14(15(22)20-17(21)24)9-10-2-1-3-12(19)8-10/h1-9H,(H,20,22,24). The van der Waals surface area contributed by atoms with E-state index in [0.29, 0.717) is 16.3 Å². The predicted octanol–water partition coefficient (Wildman–Crippen LogP) is 3.77. The molecule has 0 atom stereocenters. The lowest BCUT2D eigenvalue weighted by atomic mass is 10.1. The van der Waals surface area contributed by atoms with Crippen molar-refractivity contribution in [2.75, 3.05) is 4.90 Å². The molecule has 0 aliphatic carbocycles. The van der Waals surface area contributed by atoms with Crippen LogP contribution in [0.25, 0.3) is 6.08 Å². The maximum Gasteiger partial charge on any atom is 0.335 e. The SMILES string of the molecule is O=C1NC(=O)N(c2ccc(Br)cc2)C(=O)C1=Cc1cccc(Cl)c1.